The molecule has 8 aromatic rings. The number of nitrogens with one attached hydrogen (secondary N) is 4. The molecule has 0 amide bonds. The van der Waals surface area contributed by atoms with Crippen LogP contribution in [0.4, 0.5) is 34.9 Å². The number of hydrogen-bond donors (Lipinski definition) is 7. The van der Waals surface area contributed by atoms with E-state index in [1.54, 1.807) is 56.9 Å². The van der Waals surface area contributed by atoms with E-state index in [0.29, 0.717) is 70.0 Å². The summed E-state index contributed by atoms with van der Waals surface area (Å²) < 4.78 is 56.7. The fraction of sp³-hybridized carbons (Fsp3) is 0.389. The minimum Gasteiger partial charge on any atom is -0.504 e. The number of aliphatic hydroxyl groups excluding tert-OH is 1. The van der Waals surface area contributed by atoms with Crippen molar-refractivity contribution in [3.05, 3.63) is 137 Å². The average molecular weight is 1120 g/mol. The Kier molecular flexibility index (Phi) is 19.6. The van der Waals surface area contributed by atoms with E-state index >= 15 is 0 Å². The maximum absolute atomic E-state index is 10.7. The van der Waals surface area contributed by atoms with Gasteiger partial charge in [0.2, 0.25) is 11.9 Å². The molecular formula is C54H64N12O13S. The smallest absolute Gasteiger partial charge is 0.358 e. The number of carboxylic acids is 1. The number of aromatic nitrogens is 8. The van der Waals surface area contributed by atoms with Crippen LogP contribution in [0.3, 0.4) is 0 Å². The number of aromatic hydroxyl groups is 1. The van der Waals surface area contributed by atoms with Crippen molar-refractivity contribution < 1.29 is 60.3 Å². The van der Waals surface area contributed by atoms with Crippen molar-refractivity contribution in [3.8, 4) is 17.2 Å². The number of hydrogen-bond acceptors (Lipinski definition) is 24. The molecule has 4 aliphatic rings. The van der Waals surface area contributed by atoms with Gasteiger partial charge in [0.05, 0.1) is 32.8 Å². The van der Waals surface area contributed by atoms with Crippen molar-refractivity contribution in [1.29, 1.82) is 0 Å². The topological polar surface area (TPSA) is 343 Å². The molecule has 4 saturated carbocycles. The minimum absolute atomic E-state index is 0.00639. The Morgan fingerprint density at radius 1 is 0.613 bits per heavy atom. The Labute approximate surface area is 461 Å². The fourth-order valence-corrected chi connectivity index (χ4v) is 7.84. The van der Waals surface area contributed by atoms with Crippen LogP contribution in [0, 0.1) is 0 Å². The molecule has 4 aliphatic carbocycles. The van der Waals surface area contributed by atoms with Gasteiger partial charge in [-0.15, -0.1) is 0 Å². The van der Waals surface area contributed by atoms with E-state index < -0.39 is 16.1 Å². The first-order valence-corrected chi connectivity index (χ1v) is 27.6. The van der Waals surface area contributed by atoms with Crippen LogP contribution in [0.2, 0.25) is 0 Å². The molecule has 0 saturated heterocycles. The molecule has 0 spiro atoms. The first-order chi connectivity index (χ1) is 38.7. The van der Waals surface area contributed by atoms with Gasteiger partial charge in [-0.1, -0.05) is 20.6 Å². The zero-order chi connectivity index (χ0) is 56.6. The van der Waals surface area contributed by atoms with Gasteiger partial charge >= 0.3 is 5.97 Å². The summed E-state index contributed by atoms with van der Waals surface area (Å²) >= 11 is 0. The van der Waals surface area contributed by atoms with E-state index in [-0.39, 0.29) is 24.7 Å². The van der Waals surface area contributed by atoms with Gasteiger partial charge in [0.15, 0.2) is 17.2 Å². The number of anilines is 6. The molecule has 424 valence electrons. The SMILES string of the molecule is CNc1ccnc(Nc2ccc(OC)c(CCc3cc(C4CC4)on3)c2)n1.CNc1ccnc(Nc2ccc(OC)c(O)c2)n1.CS(=O)(=O)OCc1cc(C2CC2)on1.O=C(O)c1cc(C2CC2)on1.OCc1cc(C2CC2)on1. The van der Waals surface area contributed by atoms with Crippen molar-refractivity contribution in [2.75, 3.05) is 55.8 Å². The quantitative estimate of drug-likeness (QED) is 0.0349. The number of methoxy groups -OCH3 is 2. The predicted octanol–water partition coefficient (Wildman–Crippen LogP) is 9.22. The normalized spacial score (nSPS) is 14.3. The van der Waals surface area contributed by atoms with Gasteiger partial charge in [0, 0.05) is 91.9 Å². The van der Waals surface area contributed by atoms with Crippen LogP contribution in [-0.2, 0) is 40.4 Å². The van der Waals surface area contributed by atoms with Crippen molar-refractivity contribution >= 4 is 51.0 Å². The maximum atomic E-state index is 10.7. The van der Waals surface area contributed by atoms with E-state index in [9.17, 15) is 18.3 Å². The highest BCUT2D eigenvalue weighted by molar-refractivity contribution is 7.85. The summed E-state index contributed by atoms with van der Waals surface area (Å²) in [7, 11) is 3.40. The molecule has 7 N–H and O–H groups in total. The summed E-state index contributed by atoms with van der Waals surface area (Å²) in [6.07, 6.45) is 15.3. The number of aryl methyl sites for hydroxylation is 2. The number of rotatable bonds is 20. The van der Waals surface area contributed by atoms with E-state index in [0.717, 1.165) is 90.6 Å². The lowest BCUT2D eigenvalue weighted by Gasteiger charge is -2.11. The van der Waals surface area contributed by atoms with Gasteiger partial charge in [-0.25, -0.2) is 14.8 Å². The Balaban J connectivity index is 0.000000138. The number of carboxylic acid groups (broad SMARTS) is 1. The highest BCUT2D eigenvalue weighted by Crippen LogP contribution is 2.42. The molecule has 4 fully saturated rings. The second-order valence-electron chi connectivity index (χ2n) is 19.0. The van der Waals surface area contributed by atoms with Crippen molar-refractivity contribution in [3.63, 3.8) is 0 Å². The van der Waals surface area contributed by atoms with Crippen molar-refractivity contribution in [2.45, 2.75) is 101 Å². The fourth-order valence-electron chi connectivity index (χ4n) is 7.50. The first kappa shape index (κ1) is 57.6. The van der Waals surface area contributed by atoms with Crippen LogP contribution >= 0.6 is 0 Å². The van der Waals surface area contributed by atoms with Crippen LogP contribution < -0.4 is 30.7 Å². The first-order valence-electron chi connectivity index (χ1n) is 25.8. The molecule has 0 atom stereocenters. The number of ether oxygens (including phenoxy) is 2. The molecule has 80 heavy (non-hydrogen) atoms. The lowest BCUT2D eigenvalue weighted by Crippen LogP contribution is -2.02. The predicted molar refractivity (Wildman–Crippen MR) is 291 cm³/mol. The summed E-state index contributed by atoms with van der Waals surface area (Å²) in [5.41, 5.74) is 4.86. The molecule has 6 heterocycles. The Hall–Kier alpha value is -8.62. The summed E-state index contributed by atoms with van der Waals surface area (Å²) in [6, 6.07) is 21.7. The van der Waals surface area contributed by atoms with E-state index in [1.165, 1.54) is 38.9 Å². The number of aliphatic hydroxyl groups is 1. The third-order valence-corrected chi connectivity index (χ3v) is 13.0. The highest BCUT2D eigenvalue weighted by Gasteiger charge is 2.30. The number of aromatic carboxylic acids is 1. The van der Waals surface area contributed by atoms with Crippen LogP contribution in [0.25, 0.3) is 0 Å². The van der Waals surface area contributed by atoms with E-state index in [4.69, 9.17) is 37.8 Å². The maximum Gasteiger partial charge on any atom is 0.358 e. The Bertz CT molecular complexity index is 3390. The van der Waals surface area contributed by atoms with E-state index in [1.807, 2.05) is 31.3 Å². The van der Waals surface area contributed by atoms with Gasteiger partial charge in [-0.3, -0.25) is 4.18 Å². The summed E-state index contributed by atoms with van der Waals surface area (Å²) in [5.74, 6) is 8.37. The number of carbonyl (C=O) groups is 1. The third-order valence-electron chi connectivity index (χ3n) is 12.4. The average Bonchev–Trinajstić information content (AvgIpc) is 4.38. The number of phenols is 1. The number of phenolic OH excluding ortho intramolecular Hbond substituents is 1. The summed E-state index contributed by atoms with van der Waals surface area (Å²) in [6.45, 7) is -0.0642. The Morgan fingerprint density at radius 2 is 1.07 bits per heavy atom. The summed E-state index contributed by atoms with van der Waals surface area (Å²) in [5, 5.41) is 53.9. The molecule has 2 aromatic carbocycles. The molecule has 12 rings (SSSR count). The van der Waals surface area contributed by atoms with Gasteiger partial charge in [0.25, 0.3) is 10.1 Å². The molecule has 0 unspecified atom stereocenters. The van der Waals surface area contributed by atoms with Crippen LogP contribution in [0.1, 0.15) is 131 Å². The highest BCUT2D eigenvalue weighted by atomic mass is 32.2. The summed E-state index contributed by atoms with van der Waals surface area (Å²) in [4.78, 5) is 27.3. The standard InChI is InChI=1S/C20H23N5O2.C12H14N4O2.C8H11NO4S.C7H7NO3.C7H9NO2/c1-21-19-9-10-22-20(24-19)23-15-7-8-17(26-2)14(11-15)5-6-16-12-18(27-25-16)13-3-4-13;1-13-11-5-6-14-12(16-11)15-8-3-4-10(18-2)9(17)7-8;1-14(10,11)12-5-7-4-8(13-9-7)6-2-3-6;9-7(10)5-3-6(11-8-5)4-1-2-4;9-4-6-3-7(10-8-6)5-1-2-5/h7-13H,3-6H2,1-2H3,(H2,21,22,23,24);3-7,17H,1-2H3,(H2,13,14,15,16);4,6H,2-3,5H2,1H3;3-4H,1-2H2,(H,9,10);3,5,9H,1-2,4H2. The number of benzene rings is 2. The molecule has 0 radical (unpaired) electrons. The number of nitrogens with zero attached hydrogens (tertiary/aromatic N) is 8. The third kappa shape index (κ3) is 18.0. The minimum atomic E-state index is -3.40. The van der Waals surface area contributed by atoms with Crippen LogP contribution in [0.5, 0.6) is 17.2 Å². The van der Waals surface area contributed by atoms with Crippen LogP contribution in [0.15, 0.2) is 103 Å². The van der Waals surface area contributed by atoms with Gasteiger partial charge < -0.3 is 64.2 Å². The Morgan fingerprint density at radius 3 is 1.52 bits per heavy atom. The van der Waals surface area contributed by atoms with E-state index in [2.05, 4.69) is 78.1 Å². The van der Waals surface area contributed by atoms with Crippen LogP contribution in [-0.4, -0.2) is 105 Å². The lowest BCUT2D eigenvalue weighted by molar-refractivity contribution is 0.0685. The van der Waals surface area contributed by atoms with Crippen molar-refractivity contribution in [1.82, 2.24) is 40.6 Å². The molecule has 0 bridgehead atoms. The lowest BCUT2D eigenvalue weighted by atomic mass is 10.1. The van der Waals surface area contributed by atoms with Gasteiger partial charge in [-0.05, 0) is 112 Å². The molecule has 25 nitrogen and oxygen atoms in total. The molecule has 0 aliphatic heterocycles. The van der Waals surface area contributed by atoms with Gasteiger partial charge in [0.1, 0.15) is 58.4 Å². The van der Waals surface area contributed by atoms with Gasteiger partial charge in [-0.2, -0.15) is 18.4 Å². The second kappa shape index (κ2) is 27.3. The van der Waals surface area contributed by atoms with Crippen molar-refractivity contribution in [2.24, 2.45) is 0 Å². The zero-order valence-electron chi connectivity index (χ0n) is 44.8. The second-order valence-corrected chi connectivity index (χ2v) is 20.6. The largest absolute Gasteiger partial charge is 0.504 e. The zero-order valence-corrected chi connectivity index (χ0v) is 45.6. The molecule has 6 aromatic heterocycles. The monoisotopic (exact) mass is 1120 g/mol. The molecular weight excluding hydrogens is 1060 g/mol. The molecule has 26 heteroatoms.